The summed E-state index contributed by atoms with van der Waals surface area (Å²) < 4.78 is 6.81. The number of carbonyl (C=O) groups is 1. The molecule has 30 heavy (non-hydrogen) atoms. The lowest BCUT2D eigenvalue weighted by Gasteiger charge is -2.25. The summed E-state index contributed by atoms with van der Waals surface area (Å²) in [6.07, 6.45) is 0. The number of hydrogen-bond donors (Lipinski definition) is 0. The second-order valence-corrected chi connectivity index (χ2v) is 8.63. The molecule has 4 nitrogen and oxygen atoms in total. The van der Waals surface area contributed by atoms with Gasteiger partial charge in [-0.25, -0.2) is 0 Å². The average molecular weight is 481 g/mol. The van der Waals surface area contributed by atoms with E-state index in [1.165, 1.54) is 0 Å². The lowest BCUT2D eigenvalue weighted by Crippen LogP contribution is -2.29. The van der Waals surface area contributed by atoms with E-state index in [-0.39, 0.29) is 17.1 Å². The van der Waals surface area contributed by atoms with Gasteiger partial charge in [-0.3, -0.25) is 14.5 Å². The molecule has 0 N–H and O–H groups in total. The first-order valence-electron chi connectivity index (χ1n) is 9.36. The molecule has 1 amide bonds. The van der Waals surface area contributed by atoms with E-state index >= 15 is 0 Å². The summed E-state index contributed by atoms with van der Waals surface area (Å²) in [6.45, 7) is 1.98. The number of hydrogen-bond acceptors (Lipinski definition) is 3. The predicted molar refractivity (Wildman–Crippen MR) is 121 cm³/mol. The van der Waals surface area contributed by atoms with Gasteiger partial charge < -0.3 is 4.42 Å². The molecule has 1 aliphatic rings. The molecule has 3 aromatic carbocycles. The molecule has 1 atom stereocenters. The van der Waals surface area contributed by atoms with Crippen molar-refractivity contribution in [1.29, 1.82) is 0 Å². The van der Waals surface area contributed by atoms with Gasteiger partial charge in [-0.15, -0.1) is 0 Å². The van der Waals surface area contributed by atoms with Crippen LogP contribution in [0.15, 0.2) is 80.4 Å². The molecule has 0 bridgehead atoms. The van der Waals surface area contributed by atoms with Gasteiger partial charge in [0.25, 0.3) is 5.91 Å². The van der Waals surface area contributed by atoms with Crippen LogP contribution in [0.3, 0.4) is 0 Å². The van der Waals surface area contributed by atoms with Gasteiger partial charge in [-0.05, 0) is 55.0 Å². The second kappa shape index (κ2) is 7.11. The third kappa shape index (κ3) is 2.97. The molecule has 1 aliphatic heterocycles. The fourth-order valence-corrected chi connectivity index (χ4v) is 4.50. The molecule has 0 saturated heterocycles. The van der Waals surface area contributed by atoms with Crippen LogP contribution >= 0.6 is 27.5 Å². The molecule has 0 saturated carbocycles. The van der Waals surface area contributed by atoms with Gasteiger partial charge in [-0.2, -0.15) is 0 Å². The van der Waals surface area contributed by atoms with Gasteiger partial charge in [0.1, 0.15) is 5.58 Å². The van der Waals surface area contributed by atoms with E-state index in [2.05, 4.69) is 15.9 Å². The summed E-state index contributed by atoms with van der Waals surface area (Å²) in [6, 6.07) is 19.5. The standard InChI is InChI=1S/C24H15BrClNO3/c1-13-5-8-17(9-6-13)27-21(14-3-2-4-15(25)11-14)20-22(28)18-12-16(26)7-10-19(18)30-23(20)24(27)29/h2-12,21H,1H3. The molecule has 6 heteroatoms. The van der Waals surface area contributed by atoms with Gasteiger partial charge in [0.05, 0.1) is 17.0 Å². The number of carbonyl (C=O) groups excluding carboxylic acids is 1. The number of amides is 1. The van der Waals surface area contributed by atoms with Crippen LogP contribution in [0.1, 0.15) is 33.3 Å². The van der Waals surface area contributed by atoms with Crippen molar-refractivity contribution >= 4 is 50.1 Å². The zero-order valence-corrected chi connectivity index (χ0v) is 18.2. The highest BCUT2D eigenvalue weighted by Crippen LogP contribution is 2.41. The van der Waals surface area contributed by atoms with Crippen LogP contribution in [0.2, 0.25) is 5.02 Å². The molecule has 0 aliphatic carbocycles. The smallest absolute Gasteiger partial charge is 0.295 e. The summed E-state index contributed by atoms with van der Waals surface area (Å²) in [5, 5.41) is 0.799. The van der Waals surface area contributed by atoms with Crippen LogP contribution in [0, 0.1) is 6.92 Å². The number of halogens is 2. The first-order valence-corrected chi connectivity index (χ1v) is 10.5. The molecule has 0 spiro atoms. The van der Waals surface area contributed by atoms with Crippen molar-refractivity contribution in [2.75, 3.05) is 4.90 Å². The minimum absolute atomic E-state index is 0.0698. The number of benzene rings is 3. The molecule has 4 aromatic rings. The third-order valence-corrected chi connectivity index (χ3v) is 6.04. The number of fused-ring (bicyclic) bond motifs is 2. The van der Waals surface area contributed by atoms with Crippen molar-refractivity contribution in [2.45, 2.75) is 13.0 Å². The van der Waals surface area contributed by atoms with Gasteiger partial charge in [-0.1, -0.05) is 57.4 Å². The van der Waals surface area contributed by atoms with E-state index in [4.69, 9.17) is 16.0 Å². The maximum absolute atomic E-state index is 13.5. The second-order valence-electron chi connectivity index (χ2n) is 7.28. The Morgan fingerprint density at radius 1 is 1.00 bits per heavy atom. The molecule has 1 unspecified atom stereocenters. The van der Waals surface area contributed by atoms with Crippen LogP contribution in [0.25, 0.3) is 11.0 Å². The third-order valence-electron chi connectivity index (χ3n) is 5.31. The van der Waals surface area contributed by atoms with Crippen molar-refractivity contribution in [3.05, 3.63) is 109 Å². The summed E-state index contributed by atoms with van der Waals surface area (Å²) in [5.74, 6) is -0.270. The average Bonchev–Trinajstić information content (AvgIpc) is 3.02. The maximum atomic E-state index is 13.5. The van der Waals surface area contributed by atoms with Crippen molar-refractivity contribution in [2.24, 2.45) is 0 Å². The Balaban J connectivity index is 1.83. The number of aryl methyl sites for hydroxylation is 1. The number of nitrogens with zero attached hydrogens (tertiary/aromatic N) is 1. The highest BCUT2D eigenvalue weighted by atomic mass is 79.9. The highest BCUT2D eigenvalue weighted by molar-refractivity contribution is 9.10. The van der Waals surface area contributed by atoms with Crippen LogP contribution in [0.4, 0.5) is 5.69 Å². The van der Waals surface area contributed by atoms with Crippen molar-refractivity contribution in [3.63, 3.8) is 0 Å². The lowest BCUT2D eigenvalue weighted by atomic mass is 9.98. The Hall–Kier alpha value is -2.89. The van der Waals surface area contributed by atoms with Crippen LogP contribution in [-0.4, -0.2) is 5.91 Å². The predicted octanol–water partition coefficient (Wildman–Crippen LogP) is 6.27. The van der Waals surface area contributed by atoms with Crippen LogP contribution in [0.5, 0.6) is 0 Å². The van der Waals surface area contributed by atoms with E-state index in [0.717, 1.165) is 15.6 Å². The van der Waals surface area contributed by atoms with E-state index in [1.54, 1.807) is 23.1 Å². The number of rotatable bonds is 2. The first kappa shape index (κ1) is 19.1. The zero-order valence-electron chi connectivity index (χ0n) is 15.9. The highest BCUT2D eigenvalue weighted by Gasteiger charge is 2.43. The van der Waals surface area contributed by atoms with Gasteiger partial charge >= 0.3 is 0 Å². The minimum atomic E-state index is -0.604. The van der Waals surface area contributed by atoms with E-state index in [9.17, 15) is 9.59 Å². The Kier molecular flexibility index (Phi) is 4.53. The fraction of sp³-hybridized carbons (Fsp3) is 0.0833. The molecule has 0 fully saturated rings. The first-order chi connectivity index (χ1) is 14.4. The van der Waals surface area contributed by atoms with Crippen LogP contribution in [-0.2, 0) is 0 Å². The monoisotopic (exact) mass is 479 g/mol. The SMILES string of the molecule is Cc1ccc(N2C(=O)c3oc4ccc(Cl)cc4c(=O)c3C2c2cccc(Br)c2)cc1. The van der Waals surface area contributed by atoms with Crippen LogP contribution < -0.4 is 10.3 Å². The van der Waals surface area contributed by atoms with E-state index in [1.807, 2.05) is 55.5 Å². The van der Waals surface area contributed by atoms with E-state index < -0.39 is 6.04 Å². The Bertz CT molecular complexity index is 1380. The summed E-state index contributed by atoms with van der Waals surface area (Å²) in [7, 11) is 0. The Morgan fingerprint density at radius 3 is 2.50 bits per heavy atom. The maximum Gasteiger partial charge on any atom is 0.295 e. The quantitative estimate of drug-likeness (QED) is 0.340. The van der Waals surface area contributed by atoms with Crippen molar-refractivity contribution in [1.82, 2.24) is 0 Å². The molecule has 148 valence electrons. The fourth-order valence-electron chi connectivity index (χ4n) is 3.91. The summed E-state index contributed by atoms with van der Waals surface area (Å²) in [5.41, 5.74) is 3.01. The number of anilines is 1. The van der Waals surface area contributed by atoms with E-state index in [0.29, 0.717) is 27.2 Å². The van der Waals surface area contributed by atoms with Gasteiger partial charge in [0.15, 0.2) is 5.43 Å². The molecule has 1 aromatic heterocycles. The molecule has 0 radical (unpaired) electrons. The normalized spacial score (nSPS) is 15.6. The largest absolute Gasteiger partial charge is 0.450 e. The van der Waals surface area contributed by atoms with Gasteiger partial charge in [0, 0.05) is 15.2 Å². The zero-order chi connectivity index (χ0) is 21.0. The van der Waals surface area contributed by atoms with Gasteiger partial charge in [0.2, 0.25) is 5.76 Å². The van der Waals surface area contributed by atoms with Crippen molar-refractivity contribution < 1.29 is 9.21 Å². The molecular weight excluding hydrogens is 466 g/mol. The van der Waals surface area contributed by atoms with Crippen molar-refractivity contribution in [3.8, 4) is 0 Å². The molecular formula is C24H15BrClNO3. The molecule has 2 heterocycles. The summed E-state index contributed by atoms with van der Waals surface area (Å²) >= 11 is 9.62. The topological polar surface area (TPSA) is 50.5 Å². The summed E-state index contributed by atoms with van der Waals surface area (Å²) in [4.78, 5) is 28.6. The molecule has 5 rings (SSSR count). The minimum Gasteiger partial charge on any atom is -0.450 e. The Labute approximate surface area is 185 Å². The lowest BCUT2D eigenvalue weighted by molar-refractivity contribution is 0.0971. The Morgan fingerprint density at radius 2 is 1.77 bits per heavy atom.